The van der Waals surface area contributed by atoms with Crippen LogP contribution in [-0.2, 0) is 9.53 Å². The van der Waals surface area contributed by atoms with E-state index in [0.717, 1.165) is 4.88 Å². The van der Waals surface area contributed by atoms with Crippen molar-refractivity contribution in [3.8, 4) is 0 Å². The lowest BCUT2D eigenvalue weighted by atomic mass is 9.95. The topological polar surface area (TPSA) is 60.7 Å². The summed E-state index contributed by atoms with van der Waals surface area (Å²) in [6.07, 6.45) is 1.79. The maximum absolute atomic E-state index is 14.7. The first-order chi connectivity index (χ1) is 14.0. The lowest BCUT2D eigenvalue weighted by molar-refractivity contribution is -0.139. The zero-order valence-electron chi connectivity index (χ0n) is 15.7. The largest absolute Gasteiger partial charge is 0.463 e. The van der Waals surface area contributed by atoms with Crippen LogP contribution in [0.5, 0.6) is 0 Å². The van der Waals surface area contributed by atoms with Gasteiger partial charge in [-0.1, -0.05) is 35.6 Å². The number of halogens is 1. The Hall–Kier alpha value is -2.84. The predicted octanol–water partition coefficient (Wildman–Crippen LogP) is 3.00. The van der Waals surface area contributed by atoms with Gasteiger partial charge in [-0.15, -0.1) is 11.3 Å². The number of thiazole rings is 1. The van der Waals surface area contributed by atoms with Gasteiger partial charge < -0.3 is 4.74 Å². The molecule has 29 heavy (non-hydrogen) atoms. The molecule has 0 radical (unpaired) electrons. The van der Waals surface area contributed by atoms with Gasteiger partial charge in [0.25, 0.3) is 5.56 Å². The zero-order chi connectivity index (χ0) is 20.5. The standard InChI is InChI=1S/C21H17FN2O3S2/c1-3-27-20(26)17-12(2)23-21-24(18(17)14-8-4-5-9-15(14)22)19(25)16(29-21)11-13-7-6-10-28-13/h4-11,18H,3H2,1-2H3/b16-11-/t18-/m1/s1. The summed E-state index contributed by atoms with van der Waals surface area (Å²) in [5, 5.41) is 1.92. The lowest BCUT2D eigenvalue weighted by Gasteiger charge is -2.24. The Kier molecular flexibility index (Phi) is 5.29. The van der Waals surface area contributed by atoms with E-state index in [1.165, 1.54) is 33.3 Å². The normalized spacial score (nSPS) is 16.5. The number of fused-ring (bicyclic) bond motifs is 1. The monoisotopic (exact) mass is 428 g/mol. The second-order valence-electron chi connectivity index (χ2n) is 6.34. The van der Waals surface area contributed by atoms with E-state index in [9.17, 15) is 14.0 Å². The van der Waals surface area contributed by atoms with Gasteiger partial charge in [0.2, 0.25) is 0 Å². The maximum atomic E-state index is 14.7. The van der Waals surface area contributed by atoms with Crippen molar-refractivity contribution in [1.82, 2.24) is 4.57 Å². The molecule has 0 amide bonds. The van der Waals surface area contributed by atoms with Gasteiger partial charge in [0, 0.05) is 10.4 Å². The summed E-state index contributed by atoms with van der Waals surface area (Å²) in [7, 11) is 0. The summed E-state index contributed by atoms with van der Waals surface area (Å²) in [5.74, 6) is -1.10. The van der Waals surface area contributed by atoms with E-state index in [0.29, 0.717) is 15.0 Å². The fourth-order valence-electron chi connectivity index (χ4n) is 3.29. The third-order valence-corrected chi connectivity index (χ3v) is 6.34. The van der Waals surface area contributed by atoms with Gasteiger partial charge in [-0.05, 0) is 37.4 Å². The van der Waals surface area contributed by atoms with Crippen LogP contribution in [0.15, 0.2) is 62.8 Å². The van der Waals surface area contributed by atoms with Crippen LogP contribution in [0.4, 0.5) is 4.39 Å². The van der Waals surface area contributed by atoms with Crippen molar-refractivity contribution in [3.63, 3.8) is 0 Å². The number of rotatable bonds is 4. The first-order valence-corrected chi connectivity index (χ1v) is 10.7. The quantitative estimate of drug-likeness (QED) is 0.601. The molecule has 1 aliphatic rings. The SMILES string of the molecule is CCOC(=O)C1=C(C)N=c2s/c(=C\c3cccs3)c(=O)n2[C@@H]1c1ccccc1F. The molecule has 0 unspecified atom stereocenters. The number of thiophene rings is 1. The van der Waals surface area contributed by atoms with Crippen LogP contribution >= 0.6 is 22.7 Å². The van der Waals surface area contributed by atoms with Crippen LogP contribution < -0.4 is 14.9 Å². The summed E-state index contributed by atoms with van der Waals surface area (Å²) >= 11 is 2.73. The van der Waals surface area contributed by atoms with Crippen molar-refractivity contribution in [2.75, 3.05) is 6.61 Å². The summed E-state index contributed by atoms with van der Waals surface area (Å²) in [6.45, 7) is 3.54. The molecular weight excluding hydrogens is 411 g/mol. The molecule has 2 aromatic heterocycles. The Morgan fingerprint density at radius 1 is 1.31 bits per heavy atom. The summed E-state index contributed by atoms with van der Waals surface area (Å²) in [6, 6.07) is 9.02. The predicted molar refractivity (Wildman–Crippen MR) is 111 cm³/mol. The molecule has 3 heterocycles. The van der Waals surface area contributed by atoms with Crippen molar-refractivity contribution in [2.45, 2.75) is 19.9 Å². The minimum atomic E-state index is -0.933. The molecule has 1 aliphatic heterocycles. The number of ether oxygens (including phenoxy) is 1. The van der Waals surface area contributed by atoms with Crippen molar-refractivity contribution in [1.29, 1.82) is 0 Å². The molecule has 1 atom stereocenters. The van der Waals surface area contributed by atoms with Crippen LogP contribution in [0.3, 0.4) is 0 Å². The number of benzene rings is 1. The zero-order valence-corrected chi connectivity index (χ0v) is 17.3. The molecule has 4 rings (SSSR count). The van der Waals surface area contributed by atoms with Crippen LogP contribution in [0.1, 0.15) is 30.3 Å². The highest BCUT2D eigenvalue weighted by Gasteiger charge is 2.34. The molecule has 0 saturated heterocycles. The van der Waals surface area contributed by atoms with Gasteiger partial charge in [0.1, 0.15) is 11.9 Å². The van der Waals surface area contributed by atoms with Gasteiger partial charge in [0.15, 0.2) is 4.80 Å². The molecule has 0 aliphatic carbocycles. The summed E-state index contributed by atoms with van der Waals surface area (Å²) in [5.41, 5.74) is 0.506. The molecule has 0 spiro atoms. The molecule has 0 saturated carbocycles. The molecule has 8 heteroatoms. The summed E-state index contributed by atoms with van der Waals surface area (Å²) < 4.78 is 21.8. The molecule has 148 valence electrons. The molecule has 3 aromatic rings. The van der Waals surface area contributed by atoms with Crippen LogP contribution in [0, 0.1) is 5.82 Å². The molecular formula is C21H17FN2O3S2. The Bertz CT molecular complexity index is 1290. The van der Waals surface area contributed by atoms with Crippen LogP contribution in [0.25, 0.3) is 6.08 Å². The number of hydrogen-bond donors (Lipinski definition) is 0. The number of nitrogens with zero attached hydrogens (tertiary/aromatic N) is 2. The molecule has 0 fully saturated rings. The fraction of sp³-hybridized carbons (Fsp3) is 0.190. The first kappa shape index (κ1) is 19.5. The second kappa shape index (κ2) is 7.88. The number of esters is 1. The van der Waals surface area contributed by atoms with Crippen molar-refractivity contribution >= 4 is 34.7 Å². The van der Waals surface area contributed by atoms with Gasteiger partial charge in [-0.25, -0.2) is 14.2 Å². The summed E-state index contributed by atoms with van der Waals surface area (Å²) in [4.78, 5) is 31.8. The first-order valence-electron chi connectivity index (χ1n) is 8.99. The van der Waals surface area contributed by atoms with Gasteiger partial charge in [-0.2, -0.15) is 0 Å². The van der Waals surface area contributed by atoms with E-state index in [1.54, 1.807) is 38.1 Å². The highest BCUT2D eigenvalue weighted by Crippen LogP contribution is 2.32. The third-order valence-electron chi connectivity index (χ3n) is 4.53. The Labute approximate surface area is 173 Å². The highest BCUT2D eigenvalue weighted by molar-refractivity contribution is 7.11. The molecule has 0 N–H and O–H groups in total. The Morgan fingerprint density at radius 3 is 2.79 bits per heavy atom. The molecule has 0 bridgehead atoms. The number of allylic oxidation sites excluding steroid dienone is 1. The van der Waals surface area contributed by atoms with Gasteiger partial charge in [-0.3, -0.25) is 9.36 Å². The fourth-order valence-corrected chi connectivity index (χ4v) is 5.05. The molecule has 1 aromatic carbocycles. The van der Waals surface area contributed by atoms with Crippen LogP contribution in [-0.4, -0.2) is 17.1 Å². The number of hydrogen-bond acceptors (Lipinski definition) is 6. The van der Waals surface area contributed by atoms with Gasteiger partial charge >= 0.3 is 5.97 Å². The number of carbonyl (C=O) groups excluding carboxylic acids is 1. The number of carbonyl (C=O) groups is 1. The Balaban J connectivity index is 2.00. The van der Waals surface area contributed by atoms with E-state index in [2.05, 4.69) is 4.99 Å². The van der Waals surface area contributed by atoms with E-state index in [4.69, 9.17) is 4.74 Å². The van der Waals surface area contributed by atoms with E-state index in [-0.39, 0.29) is 23.3 Å². The van der Waals surface area contributed by atoms with Crippen molar-refractivity contribution in [3.05, 3.63) is 89.0 Å². The average Bonchev–Trinajstić information content (AvgIpc) is 3.30. The average molecular weight is 429 g/mol. The highest BCUT2D eigenvalue weighted by atomic mass is 32.1. The Morgan fingerprint density at radius 2 is 2.10 bits per heavy atom. The third kappa shape index (κ3) is 3.49. The van der Waals surface area contributed by atoms with Crippen LogP contribution in [0.2, 0.25) is 0 Å². The van der Waals surface area contributed by atoms with Crippen molar-refractivity contribution < 1.29 is 13.9 Å². The maximum Gasteiger partial charge on any atom is 0.338 e. The van der Waals surface area contributed by atoms with E-state index >= 15 is 0 Å². The number of aromatic nitrogens is 1. The smallest absolute Gasteiger partial charge is 0.338 e. The van der Waals surface area contributed by atoms with Gasteiger partial charge in [0.05, 0.1) is 22.4 Å². The second-order valence-corrected chi connectivity index (χ2v) is 8.33. The minimum absolute atomic E-state index is 0.169. The molecule has 5 nitrogen and oxygen atoms in total. The minimum Gasteiger partial charge on any atom is -0.463 e. The van der Waals surface area contributed by atoms with Crippen molar-refractivity contribution in [2.24, 2.45) is 4.99 Å². The lowest BCUT2D eigenvalue weighted by Crippen LogP contribution is -2.40. The van der Waals surface area contributed by atoms with E-state index in [1.807, 2.05) is 17.5 Å². The van der Waals surface area contributed by atoms with E-state index < -0.39 is 17.8 Å².